The lowest BCUT2D eigenvalue weighted by Crippen LogP contribution is -2.30. The number of carbonyl (C=O) groups is 1. The fourth-order valence-corrected chi connectivity index (χ4v) is 4.60. The van der Waals surface area contributed by atoms with Gasteiger partial charge in [-0.1, -0.05) is 31.2 Å². The van der Waals surface area contributed by atoms with E-state index in [4.69, 9.17) is 9.84 Å². The summed E-state index contributed by atoms with van der Waals surface area (Å²) >= 11 is 0. The van der Waals surface area contributed by atoms with Crippen LogP contribution in [0.15, 0.2) is 67.1 Å². The van der Waals surface area contributed by atoms with Crippen LogP contribution >= 0.6 is 0 Å². The number of rotatable bonds is 8. The van der Waals surface area contributed by atoms with Gasteiger partial charge in [-0.15, -0.1) is 5.10 Å². The summed E-state index contributed by atoms with van der Waals surface area (Å²) in [6.45, 7) is 4.39. The highest BCUT2D eigenvalue weighted by atomic mass is 19.1. The second kappa shape index (κ2) is 10.3. The lowest BCUT2D eigenvalue weighted by molar-refractivity contribution is 0.102. The van der Waals surface area contributed by atoms with Crippen LogP contribution in [-0.2, 0) is 18.6 Å². The van der Waals surface area contributed by atoms with Crippen molar-refractivity contribution in [3.63, 3.8) is 0 Å². The zero-order valence-electron chi connectivity index (χ0n) is 21.5. The Kier molecular flexibility index (Phi) is 6.83. The molecule has 3 aromatic heterocycles. The van der Waals surface area contributed by atoms with Crippen LogP contribution in [0.3, 0.4) is 0 Å². The van der Waals surface area contributed by atoms with Crippen LogP contribution in [0.4, 0.5) is 14.7 Å². The second-order valence-electron chi connectivity index (χ2n) is 8.87. The van der Waals surface area contributed by atoms with Gasteiger partial charge in [0.05, 0.1) is 24.4 Å². The molecule has 0 radical (unpaired) electrons. The molecule has 9 nitrogen and oxygen atoms in total. The van der Waals surface area contributed by atoms with Gasteiger partial charge in [0.2, 0.25) is 5.95 Å². The van der Waals surface area contributed by atoms with Gasteiger partial charge in [-0.05, 0) is 54.8 Å². The van der Waals surface area contributed by atoms with Gasteiger partial charge in [0.1, 0.15) is 29.4 Å². The molecule has 39 heavy (non-hydrogen) atoms. The van der Waals surface area contributed by atoms with Crippen molar-refractivity contribution >= 4 is 17.4 Å². The molecule has 0 saturated carbocycles. The van der Waals surface area contributed by atoms with E-state index in [0.717, 1.165) is 0 Å². The Balaban J connectivity index is 1.69. The van der Waals surface area contributed by atoms with E-state index in [2.05, 4.69) is 15.4 Å². The molecule has 0 bridgehead atoms. The number of hydrogen-bond donors (Lipinski definition) is 2. The zero-order valence-corrected chi connectivity index (χ0v) is 21.5. The van der Waals surface area contributed by atoms with Crippen LogP contribution in [0.25, 0.3) is 5.52 Å². The first-order chi connectivity index (χ1) is 18.8. The number of halogens is 2. The minimum atomic E-state index is -1.86. The minimum Gasteiger partial charge on any atom is -0.494 e. The SMILES string of the molecule is CCc1c(C(O)(c2ccc(F)cc2)c2ccc(F)cc2)nn2cc(OC)c(C(=O)Nc3ncn(CC)n3)cc12. The summed E-state index contributed by atoms with van der Waals surface area (Å²) in [5.41, 5.74) is 0.486. The molecule has 5 aromatic rings. The minimum absolute atomic E-state index is 0.149. The molecule has 0 aliphatic rings. The van der Waals surface area contributed by atoms with E-state index in [0.29, 0.717) is 35.2 Å². The Morgan fingerprint density at radius 3 is 2.15 bits per heavy atom. The third-order valence-corrected chi connectivity index (χ3v) is 6.61. The maximum absolute atomic E-state index is 13.8. The molecule has 2 N–H and O–H groups in total. The topological polar surface area (TPSA) is 107 Å². The largest absolute Gasteiger partial charge is 0.494 e. The van der Waals surface area contributed by atoms with Crippen LogP contribution in [0, 0.1) is 11.6 Å². The highest BCUT2D eigenvalue weighted by molar-refractivity contribution is 6.06. The van der Waals surface area contributed by atoms with Gasteiger partial charge in [-0.3, -0.25) is 14.8 Å². The molecule has 0 aliphatic heterocycles. The van der Waals surface area contributed by atoms with E-state index in [9.17, 15) is 18.7 Å². The van der Waals surface area contributed by atoms with Gasteiger partial charge in [-0.25, -0.2) is 18.3 Å². The molecule has 0 unspecified atom stereocenters. The van der Waals surface area contributed by atoms with E-state index in [1.54, 1.807) is 16.9 Å². The summed E-state index contributed by atoms with van der Waals surface area (Å²) in [4.78, 5) is 17.3. The number of anilines is 1. The average Bonchev–Trinajstić information content (AvgIpc) is 3.56. The normalized spacial score (nSPS) is 11.6. The number of aromatic nitrogens is 5. The molecule has 0 saturated heterocycles. The van der Waals surface area contributed by atoms with Crippen molar-refractivity contribution in [2.75, 3.05) is 12.4 Å². The predicted octanol–water partition coefficient (Wildman–Crippen LogP) is 4.33. The van der Waals surface area contributed by atoms with Crippen LogP contribution in [0.1, 0.15) is 46.6 Å². The molecule has 3 heterocycles. The highest BCUT2D eigenvalue weighted by Crippen LogP contribution is 2.40. The first-order valence-corrected chi connectivity index (χ1v) is 12.3. The third-order valence-electron chi connectivity index (χ3n) is 6.61. The highest BCUT2D eigenvalue weighted by Gasteiger charge is 2.39. The van der Waals surface area contributed by atoms with E-state index >= 15 is 0 Å². The van der Waals surface area contributed by atoms with Gasteiger partial charge in [0.15, 0.2) is 5.60 Å². The smallest absolute Gasteiger partial charge is 0.261 e. The van der Waals surface area contributed by atoms with Crippen molar-refractivity contribution in [3.05, 3.63) is 107 Å². The summed E-state index contributed by atoms with van der Waals surface area (Å²) < 4.78 is 36.2. The lowest BCUT2D eigenvalue weighted by atomic mass is 9.81. The van der Waals surface area contributed by atoms with Crippen molar-refractivity contribution in [2.45, 2.75) is 32.4 Å². The van der Waals surface area contributed by atoms with Crippen molar-refractivity contribution in [3.8, 4) is 5.75 Å². The first-order valence-electron chi connectivity index (χ1n) is 12.3. The van der Waals surface area contributed by atoms with E-state index in [1.165, 1.54) is 66.5 Å². The molecule has 11 heteroatoms. The first kappa shape index (κ1) is 26.0. The lowest BCUT2D eigenvalue weighted by Gasteiger charge is -2.29. The number of amides is 1. The van der Waals surface area contributed by atoms with Crippen LogP contribution in [0.5, 0.6) is 5.75 Å². The summed E-state index contributed by atoms with van der Waals surface area (Å²) in [6, 6.07) is 12.4. The number of ether oxygens (including phenoxy) is 1. The molecule has 200 valence electrons. The second-order valence-corrected chi connectivity index (χ2v) is 8.87. The molecule has 5 rings (SSSR count). The van der Waals surface area contributed by atoms with E-state index in [1.807, 2.05) is 13.8 Å². The van der Waals surface area contributed by atoms with Gasteiger partial charge in [0, 0.05) is 12.1 Å². The van der Waals surface area contributed by atoms with Crippen molar-refractivity contribution < 1.29 is 23.4 Å². The predicted molar refractivity (Wildman–Crippen MR) is 140 cm³/mol. The molecule has 0 fully saturated rings. The summed E-state index contributed by atoms with van der Waals surface area (Å²) in [5.74, 6) is -1.04. The van der Waals surface area contributed by atoms with Crippen LogP contribution in [0.2, 0.25) is 0 Å². The maximum atomic E-state index is 13.8. The van der Waals surface area contributed by atoms with Crippen molar-refractivity contribution in [1.29, 1.82) is 0 Å². The van der Waals surface area contributed by atoms with Gasteiger partial charge in [0.25, 0.3) is 5.91 Å². The number of nitrogens with one attached hydrogen (secondary N) is 1. The maximum Gasteiger partial charge on any atom is 0.261 e. The number of benzene rings is 2. The number of nitrogens with zero attached hydrogens (tertiary/aromatic N) is 5. The quantitative estimate of drug-likeness (QED) is 0.308. The molecule has 0 aliphatic carbocycles. The fraction of sp³-hybridized carbons (Fsp3) is 0.214. The Hall–Kier alpha value is -4.64. The van der Waals surface area contributed by atoms with Crippen molar-refractivity contribution in [2.24, 2.45) is 0 Å². The summed E-state index contributed by atoms with van der Waals surface area (Å²) in [6.07, 6.45) is 3.49. The van der Waals surface area contributed by atoms with E-state index in [-0.39, 0.29) is 23.0 Å². The number of aliphatic hydroxyl groups is 1. The third kappa shape index (κ3) is 4.61. The summed E-state index contributed by atoms with van der Waals surface area (Å²) in [5, 5.41) is 23.9. The molecule has 1 amide bonds. The number of fused-ring (bicyclic) bond motifs is 1. The number of methoxy groups -OCH3 is 1. The van der Waals surface area contributed by atoms with E-state index < -0.39 is 23.1 Å². The molecular weight excluding hydrogens is 506 g/mol. The monoisotopic (exact) mass is 532 g/mol. The van der Waals surface area contributed by atoms with Crippen LogP contribution < -0.4 is 10.1 Å². The van der Waals surface area contributed by atoms with Crippen LogP contribution in [-0.4, -0.2) is 42.5 Å². The average molecular weight is 533 g/mol. The molecule has 2 aromatic carbocycles. The fourth-order valence-electron chi connectivity index (χ4n) is 4.60. The van der Waals surface area contributed by atoms with Crippen molar-refractivity contribution in [1.82, 2.24) is 24.4 Å². The Bertz CT molecular complexity index is 1600. The standard InChI is InChI=1S/C28H26F2N6O3/c1-4-21-23-14-22(26(37)32-27-31-16-35(5-2)34-27)24(39-3)15-36(23)33-25(21)28(38,17-6-10-19(29)11-7-17)18-8-12-20(30)13-9-18/h6-16,38H,4-5H2,1-3H3,(H,32,34,37). The number of aryl methyl sites for hydroxylation is 2. The van der Waals surface area contributed by atoms with Gasteiger partial charge in [-0.2, -0.15) is 5.10 Å². The number of carbonyl (C=O) groups excluding carboxylic acids is 1. The number of hydrogen-bond acceptors (Lipinski definition) is 6. The Morgan fingerprint density at radius 2 is 1.64 bits per heavy atom. The number of pyridine rings is 1. The Labute approximate surface area is 222 Å². The molecule has 0 atom stereocenters. The summed E-state index contributed by atoms with van der Waals surface area (Å²) in [7, 11) is 1.43. The molecular formula is C28H26F2N6O3. The molecule has 0 spiro atoms. The Morgan fingerprint density at radius 1 is 1.03 bits per heavy atom. The zero-order chi connectivity index (χ0) is 27.7. The van der Waals surface area contributed by atoms with Gasteiger partial charge < -0.3 is 9.84 Å². The van der Waals surface area contributed by atoms with Gasteiger partial charge >= 0.3 is 0 Å².